The minimum atomic E-state index is -0.401. The molecule has 1 heterocycles. The zero-order chi connectivity index (χ0) is 13.7. The second-order valence-electron chi connectivity index (χ2n) is 4.22. The average Bonchev–Trinajstić information content (AvgIpc) is 2.46. The van der Waals surface area contributed by atoms with Crippen LogP contribution in [0.4, 0.5) is 0 Å². The summed E-state index contributed by atoms with van der Waals surface area (Å²) < 4.78 is 4.92. The molecule has 0 aliphatic rings. The molecule has 2 aromatic rings. The minimum Gasteiger partial charge on any atom is -0.394 e. The fraction of sp³-hybridized carbons (Fsp3) is 0.286. The molecule has 0 fully saturated rings. The number of aliphatic hydroxyl groups excluding tert-OH is 1. The van der Waals surface area contributed by atoms with Crippen molar-refractivity contribution in [2.75, 3.05) is 20.3 Å². The maximum Gasteiger partial charge on any atom is 0.251 e. The predicted molar refractivity (Wildman–Crippen MR) is 72.0 cm³/mol. The van der Waals surface area contributed by atoms with Gasteiger partial charge in [0.05, 0.1) is 24.8 Å². The third-order valence-electron chi connectivity index (χ3n) is 2.79. The van der Waals surface area contributed by atoms with E-state index in [1.54, 1.807) is 24.4 Å². The van der Waals surface area contributed by atoms with Crippen LogP contribution in [-0.4, -0.2) is 42.4 Å². The summed E-state index contributed by atoms with van der Waals surface area (Å²) in [6.07, 6.45) is 1.71. The molecule has 2 rings (SSSR count). The van der Waals surface area contributed by atoms with E-state index in [1.165, 1.54) is 7.11 Å². The number of amides is 1. The number of ether oxygens (including phenoxy) is 1. The maximum atomic E-state index is 12.0. The zero-order valence-corrected chi connectivity index (χ0v) is 10.7. The van der Waals surface area contributed by atoms with E-state index in [-0.39, 0.29) is 19.1 Å². The number of carbonyl (C=O) groups excluding carboxylic acids is 1. The quantitative estimate of drug-likeness (QED) is 0.840. The standard InChI is InChI=1S/C14H16N2O3/c1-19-9-12(8-17)16-14(18)11-4-5-13-10(7-11)3-2-6-15-13/h2-7,12,17H,8-9H2,1H3,(H,16,18). The molecule has 5 heteroatoms. The van der Waals surface area contributed by atoms with Crippen LogP contribution < -0.4 is 5.32 Å². The Kier molecular flexibility index (Phi) is 4.43. The van der Waals surface area contributed by atoms with Crippen molar-refractivity contribution >= 4 is 16.8 Å². The molecular formula is C14H16N2O3. The van der Waals surface area contributed by atoms with Crippen LogP contribution in [0.3, 0.4) is 0 Å². The highest BCUT2D eigenvalue weighted by atomic mass is 16.5. The Morgan fingerprint density at radius 1 is 1.47 bits per heavy atom. The van der Waals surface area contributed by atoms with Crippen LogP contribution >= 0.6 is 0 Å². The van der Waals surface area contributed by atoms with Gasteiger partial charge in [0.15, 0.2) is 0 Å². The Balaban J connectivity index is 2.16. The predicted octanol–water partition coefficient (Wildman–Crippen LogP) is 0.972. The molecule has 2 N–H and O–H groups in total. The van der Waals surface area contributed by atoms with Crippen molar-refractivity contribution in [3.63, 3.8) is 0 Å². The lowest BCUT2D eigenvalue weighted by atomic mass is 10.1. The molecule has 5 nitrogen and oxygen atoms in total. The summed E-state index contributed by atoms with van der Waals surface area (Å²) in [5.41, 5.74) is 1.38. The molecule has 0 spiro atoms. The normalized spacial score (nSPS) is 12.3. The average molecular weight is 260 g/mol. The Bertz CT molecular complexity index is 571. The first-order valence-corrected chi connectivity index (χ1v) is 6.00. The molecule has 0 aliphatic carbocycles. The summed E-state index contributed by atoms with van der Waals surface area (Å²) >= 11 is 0. The molecule has 0 saturated heterocycles. The van der Waals surface area contributed by atoms with Crippen molar-refractivity contribution in [1.82, 2.24) is 10.3 Å². The largest absolute Gasteiger partial charge is 0.394 e. The third kappa shape index (κ3) is 3.27. The van der Waals surface area contributed by atoms with Gasteiger partial charge in [-0.05, 0) is 24.3 Å². The number of hydrogen-bond acceptors (Lipinski definition) is 4. The van der Waals surface area contributed by atoms with Crippen LogP contribution in [0.1, 0.15) is 10.4 Å². The lowest BCUT2D eigenvalue weighted by Gasteiger charge is -2.15. The van der Waals surface area contributed by atoms with Gasteiger partial charge in [0.2, 0.25) is 0 Å². The number of nitrogens with one attached hydrogen (secondary N) is 1. The first kappa shape index (κ1) is 13.5. The van der Waals surface area contributed by atoms with Gasteiger partial charge in [-0.2, -0.15) is 0 Å². The molecule has 0 bridgehead atoms. The summed E-state index contributed by atoms with van der Waals surface area (Å²) in [6, 6.07) is 8.62. The van der Waals surface area contributed by atoms with Gasteiger partial charge in [0.25, 0.3) is 5.91 Å². The molecule has 100 valence electrons. The van der Waals surface area contributed by atoms with E-state index in [2.05, 4.69) is 10.3 Å². The van der Waals surface area contributed by atoms with Gasteiger partial charge in [-0.3, -0.25) is 9.78 Å². The van der Waals surface area contributed by atoms with Gasteiger partial charge in [-0.1, -0.05) is 6.07 Å². The van der Waals surface area contributed by atoms with Gasteiger partial charge in [-0.15, -0.1) is 0 Å². The van der Waals surface area contributed by atoms with Crippen molar-refractivity contribution in [3.05, 3.63) is 42.1 Å². The fourth-order valence-electron chi connectivity index (χ4n) is 1.83. The lowest BCUT2D eigenvalue weighted by Crippen LogP contribution is -2.40. The second kappa shape index (κ2) is 6.26. The molecule has 1 aromatic heterocycles. The highest BCUT2D eigenvalue weighted by Gasteiger charge is 2.13. The number of carbonyl (C=O) groups is 1. The monoisotopic (exact) mass is 260 g/mol. The van der Waals surface area contributed by atoms with Crippen molar-refractivity contribution in [2.45, 2.75) is 6.04 Å². The highest BCUT2D eigenvalue weighted by molar-refractivity contribution is 5.98. The SMILES string of the molecule is COCC(CO)NC(=O)c1ccc2ncccc2c1. The zero-order valence-electron chi connectivity index (χ0n) is 10.7. The molecule has 0 aliphatic heterocycles. The number of rotatable bonds is 5. The Morgan fingerprint density at radius 3 is 3.05 bits per heavy atom. The minimum absolute atomic E-state index is 0.158. The smallest absolute Gasteiger partial charge is 0.251 e. The first-order chi connectivity index (χ1) is 9.24. The molecule has 1 atom stereocenters. The van der Waals surface area contributed by atoms with Crippen LogP contribution in [0.15, 0.2) is 36.5 Å². The van der Waals surface area contributed by atoms with Gasteiger partial charge in [-0.25, -0.2) is 0 Å². The molecule has 0 saturated carbocycles. The first-order valence-electron chi connectivity index (χ1n) is 6.00. The van der Waals surface area contributed by atoms with Gasteiger partial charge in [0.1, 0.15) is 0 Å². The number of nitrogens with zero attached hydrogens (tertiary/aromatic N) is 1. The third-order valence-corrected chi connectivity index (χ3v) is 2.79. The van der Waals surface area contributed by atoms with Crippen LogP contribution in [0.2, 0.25) is 0 Å². The van der Waals surface area contributed by atoms with Crippen LogP contribution in [-0.2, 0) is 4.74 Å². The molecule has 0 radical (unpaired) electrons. The van der Waals surface area contributed by atoms with Gasteiger partial charge < -0.3 is 15.2 Å². The lowest BCUT2D eigenvalue weighted by molar-refractivity contribution is 0.0840. The van der Waals surface area contributed by atoms with Crippen molar-refractivity contribution in [2.24, 2.45) is 0 Å². The van der Waals surface area contributed by atoms with E-state index in [4.69, 9.17) is 9.84 Å². The van der Waals surface area contributed by atoms with E-state index < -0.39 is 6.04 Å². The van der Waals surface area contributed by atoms with E-state index in [9.17, 15) is 4.79 Å². The number of hydrogen-bond donors (Lipinski definition) is 2. The van der Waals surface area contributed by atoms with E-state index in [1.807, 2.05) is 12.1 Å². The molecule has 1 amide bonds. The van der Waals surface area contributed by atoms with Crippen molar-refractivity contribution in [3.8, 4) is 0 Å². The topological polar surface area (TPSA) is 71.5 Å². The summed E-state index contributed by atoms with van der Waals surface area (Å²) in [6.45, 7) is 0.117. The highest BCUT2D eigenvalue weighted by Crippen LogP contribution is 2.13. The van der Waals surface area contributed by atoms with E-state index >= 15 is 0 Å². The number of methoxy groups -OCH3 is 1. The summed E-state index contributed by atoms with van der Waals surface area (Å²) in [5, 5.41) is 12.7. The van der Waals surface area contributed by atoms with E-state index in [0.29, 0.717) is 5.56 Å². The van der Waals surface area contributed by atoms with Crippen LogP contribution in [0.5, 0.6) is 0 Å². The Labute approximate surface area is 111 Å². The number of benzene rings is 1. The van der Waals surface area contributed by atoms with Gasteiger partial charge in [0, 0.05) is 24.3 Å². The molecule has 1 unspecified atom stereocenters. The number of aliphatic hydroxyl groups is 1. The Hall–Kier alpha value is -1.98. The summed E-state index contributed by atoms with van der Waals surface area (Å²) in [4.78, 5) is 16.2. The maximum absolute atomic E-state index is 12.0. The van der Waals surface area contributed by atoms with Crippen LogP contribution in [0, 0.1) is 0 Å². The van der Waals surface area contributed by atoms with E-state index in [0.717, 1.165) is 10.9 Å². The molecule has 19 heavy (non-hydrogen) atoms. The van der Waals surface area contributed by atoms with Crippen molar-refractivity contribution in [1.29, 1.82) is 0 Å². The summed E-state index contributed by atoms with van der Waals surface area (Å²) in [5.74, 6) is -0.234. The number of fused-ring (bicyclic) bond motifs is 1. The number of aromatic nitrogens is 1. The Morgan fingerprint density at radius 2 is 2.32 bits per heavy atom. The van der Waals surface area contributed by atoms with Gasteiger partial charge >= 0.3 is 0 Å². The van der Waals surface area contributed by atoms with Crippen molar-refractivity contribution < 1.29 is 14.6 Å². The number of pyridine rings is 1. The molecular weight excluding hydrogens is 244 g/mol. The molecule has 1 aromatic carbocycles. The fourth-order valence-corrected chi connectivity index (χ4v) is 1.83. The second-order valence-corrected chi connectivity index (χ2v) is 4.22. The summed E-state index contributed by atoms with van der Waals surface area (Å²) in [7, 11) is 1.52. The van der Waals surface area contributed by atoms with Crippen LogP contribution in [0.25, 0.3) is 10.9 Å².